The molecule has 0 bridgehead atoms. The van der Waals surface area contributed by atoms with E-state index in [-0.39, 0.29) is 12.5 Å². The molecule has 1 aliphatic rings. The number of carbonyl (C=O) groups excluding carboxylic acids is 1. The zero-order valence-electron chi connectivity index (χ0n) is 14.2. The van der Waals surface area contributed by atoms with Crippen LogP contribution in [0.15, 0.2) is 36.7 Å². The maximum Gasteiger partial charge on any atom is 0.274 e. The van der Waals surface area contributed by atoms with E-state index in [0.29, 0.717) is 29.7 Å². The molecular formula is C19H24N4O2. The van der Waals surface area contributed by atoms with Crippen molar-refractivity contribution in [1.29, 1.82) is 0 Å². The highest BCUT2D eigenvalue weighted by molar-refractivity contribution is 6.03. The highest BCUT2D eigenvalue weighted by Gasteiger charge is 2.15. The standard InChI is InChI=1S/C19H24N4O2/c24-11-10-14-6-8-16(9-7-14)23-19(25)17-12-18(21-13-20-17)22-15-4-2-1-3-5-15/h6-9,12-13,15,24H,1-5,10-11H2,(H,23,25)(H,20,21,22). The van der Waals surface area contributed by atoms with Gasteiger partial charge in [-0.25, -0.2) is 9.97 Å². The first-order valence-electron chi connectivity index (χ1n) is 8.84. The minimum Gasteiger partial charge on any atom is -0.396 e. The van der Waals surface area contributed by atoms with E-state index in [1.54, 1.807) is 6.07 Å². The van der Waals surface area contributed by atoms with Crippen molar-refractivity contribution in [3.63, 3.8) is 0 Å². The summed E-state index contributed by atoms with van der Waals surface area (Å²) in [5, 5.41) is 15.2. The first kappa shape index (κ1) is 17.4. The Labute approximate surface area is 147 Å². The molecule has 6 heteroatoms. The number of nitrogens with zero attached hydrogens (tertiary/aromatic N) is 2. The van der Waals surface area contributed by atoms with Crippen LogP contribution in [-0.2, 0) is 6.42 Å². The third-order valence-electron chi connectivity index (χ3n) is 4.47. The molecule has 1 saturated carbocycles. The number of aliphatic hydroxyl groups excluding tert-OH is 1. The zero-order valence-corrected chi connectivity index (χ0v) is 14.2. The average Bonchev–Trinajstić information content (AvgIpc) is 2.65. The molecule has 1 aromatic carbocycles. The third kappa shape index (κ3) is 5.00. The Kier molecular flexibility index (Phi) is 5.95. The SMILES string of the molecule is O=C(Nc1ccc(CCO)cc1)c1cc(NC2CCCCC2)ncn1. The number of amides is 1. The molecule has 0 aliphatic heterocycles. The first-order valence-corrected chi connectivity index (χ1v) is 8.84. The highest BCUT2D eigenvalue weighted by atomic mass is 16.3. The molecule has 3 N–H and O–H groups in total. The van der Waals surface area contributed by atoms with E-state index < -0.39 is 0 Å². The van der Waals surface area contributed by atoms with Crippen LogP contribution in [0.5, 0.6) is 0 Å². The second kappa shape index (κ2) is 8.58. The summed E-state index contributed by atoms with van der Waals surface area (Å²) in [6, 6.07) is 9.56. The minimum atomic E-state index is -0.260. The Hall–Kier alpha value is -2.47. The van der Waals surface area contributed by atoms with Crippen LogP contribution in [0.2, 0.25) is 0 Å². The van der Waals surface area contributed by atoms with Crippen LogP contribution in [0, 0.1) is 0 Å². The van der Waals surface area contributed by atoms with E-state index in [1.165, 1.54) is 25.6 Å². The fourth-order valence-corrected chi connectivity index (χ4v) is 3.10. The number of aliphatic hydroxyl groups is 1. The quantitative estimate of drug-likeness (QED) is 0.752. The summed E-state index contributed by atoms with van der Waals surface area (Å²) in [5.74, 6) is 0.439. The lowest BCUT2D eigenvalue weighted by Crippen LogP contribution is -2.23. The van der Waals surface area contributed by atoms with Gasteiger partial charge in [0.05, 0.1) is 0 Å². The van der Waals surface area contributed by atoms with E-state index in [1.807, 2.05) is 24.3 Å². The summed E-state index contributed by atoms with van der Waals surface area (Å²) in [5.41, 5.74) is 2.07. The summed E-state index contributed by atoms with van der Waals surface area (Å²) in [7, 11) is 0. The van der Waals surface area contributed by atoms with Gasteiger partial charge in [-0.2, -0.15) is 0 Å². The van der Waals surface area contributed by atoms with Crippen molar-refractivity contribution in [3.05, 3.63) is 47.9 Å². The van der Waals surface area contributed by atoms with Gasteiger partial charge >= 0.3 is 0 Å². The lowest BCUT2D eigenvalue weighted by molar-refractivity contribution is 0.102. The Morgan fingerprint density at radius 2 is 1.88 bits per heavy atom. The summed E-state index contributed by atoms with van der Waals surface area (Å²) in [6.45, 7) is 0.114. The Bertz CT molecular complexity index is 697. The molecule has 1 aromatic heterocycles. The molecule has 1 fully saturated rings. The molecule has 25 heavy (non-hydrogen) atoms. The van der Waals surface area contributed by atoms with E-state index in [0.717, 1.165) is 18.4 Å². The normalized spacial score (nSPS) is 14.9. The number of rotatable bonds is 6. The van der Waals surface area contributed by atoms with Crippen molar-refractivity contribution >= 4 is 17.4 Å². The maximum absolute atomic E-state index is 12.4. The molecule has 2 aromatic rings. The molecule has 0 saturated heterocycles. The number of anilines is 2. The lowest BCUT2D eigenvalue weighted by Gasteiger charge is -2.23. The van der Waals surface area contributed by atoms with Crippen molar-refractivity contribution in [3.8, 4) is 0 Å². The second-order valence-corrected chi connectivity index (χ2v) is 6.39. The van der Waals surface area contributed by atoms with Crippen molar-refractivity contribution in [1.82, 2.24) is 9.97 Å². The summed E-state index contributed by atoms with van der Waals surface area (Å²) < 4.78 is 0. The van der Waals surface area contributed by atoms with Crippen molar-refractivity contribution in [2.75, 3.05) is 17.2 Å². The smallest absolute Gasteiger partial charge is 0.274 e. The first-order chi connectivity index (χ1) is 12.2. The van der Waals surface area contributed by atoms with Gasteiger partial charge in [-0.1, -0.05) is 31.4 Å². The van der Waals surface area contributed by atoms with Crippen LogP contribution < -0.4 is 10.6 Å². The van der Waals surface area contributed by atoms with Gasteiger partial charge in [-0.05, 0) is 37.0 Å². The molecule has 0 radical (unpaired) electrons. The molecule has 1 heterocycles. The van der Waals surface area contributed by atoms with E-state index >= 15 is 0 Å². The van der Waals surface area contributed by atoms with Crippen LogP contribution in [0.25, 0.3) is 0 Å². The third-order valence-corrected chi connectivity index (χ3v) is 4.47. The number of nitrogens with one attached hydrogen (secondary N) is 2. The molecule has 1 amide bonds. The van der Waals surface area contributed by atoms with Gasteiger partial charge in [0.1, 0.15) is 17.8 Å². The molecule has 3 rings (SSSR count). The summed E-state index contributed by atoms with van der Waals surface area (Å²) >= 11 is 0. The summed E-state index contributed by atoms with van der Waals surface area (Å²) in [4.78, 5) is 20.7. The van der Waals surface area contributed by atoms with Crippen molar-refractivity contribution in [2.45, 2.75) is 44.6 Å². The molecular weight excluding hydrogens is 316 g/mol. The van der Waals surface area contributed by atoms with Crippen molar-refractivity contribution in [2.24, 2.45) is 0 Å². The fraction of sp³-hybridized carbons (Fsp3) is 0.421. The van der Waals surface area contributed by atoms with Gasteiger partial charge in [0.25, 0.3) is 5.91 Å². The van der Waals surface area contributed by atoms with E-state index in [2.05, 4.69) is 20.6 Å². The summed E-state index contributed by atoms with van der Waals surface area (Å²) in [6.07, 6.45) is 8.09. The van der Waals surface area contributed by atoms with E-state index in [4.69, 9.17) is 5.11 Å². The largest absolute Gasteiger partial charge is 0.396 e. The monoisotopic (exact) mass is 340 g/mol. The van der Waals surface area contributed by atoms with Gasteiger partial charge in [-0.15, -0.1) is 0 Å². The number of hydrogen-bond acceptors (Lipinski definition) is 5. The predicted molar refractivity (Wildman–Crippen MR) is 97.7 cm³/mol. The number of benzene rings is 1. The Balaban J connectivity index is 1.62. The molecule has 132 valence electrons. The Morgan fingerprint density at radius 1 is 1.12 bits per heavy atom. The molecule has 6 nitrogen and oxygen atoms in total. The number of carbonyl (C=O) groups is 1. The average molecular weight is 340 g/mol. The fourth-order valence-electron chi connectivity index (χ4n) is 3.10. The molecule has 0 atom stereocenters. The predicted octanol–water partition coefficient (Wildman–Crippen LogP) is 3.01. The van der Waals surface area contributed by atoms with E-state index in [9.17, 15) is 4.79 Å². The topological polar surface area (TPSA) is 87.1 Å². The number of hydrogen-bond donors (Lipinski definition) is 3. The Morgan fingerprint density at radius 3 is 2.60 bits per heavy atom. The van der Waals surface area contributed by atoms with Gasteiger partial charge in [0.15, 0.2) is 0 Å². The van der Waals surface area contributed by atoms with Crippen molar-refractivity contribution < 1.29 is 9.90 Å². The van der Waals surface area contributed by atoms with Gasteiger partial charge in [-0.3, -0.25) is 4.79 Å². The lowest BCUT2D eigenvalue weighted by atomic mass is 9.95. The van der Waals surface area contributed by atoms with Gasteiger partial charge in [0, 0.05) is 24.4 Å². The van der Waals surface area contributed by atoms with Crippen LogP contribution in [0.1, 0.15) is 48.2 Å². The van der Waals surface area contributed by atoms with Gasteiger partial charge in [0.2, 0.25) is 0 Å². The molecule has 0 spiro atoms. The molecule has 0 unspecified atom stereocenters. The molecule has 1 aliphatic carbocycles. The highest BCUT2D eigenvalue weighted by Crippen LogP contribution is 2.21. The maximum atomic E-state index is 12.4. The van der Waals surface area contributed by atoms with Crippen LogP contribution >= 0.6 is 0 Å². The van der Waals surface area contributed by atoms with Crippen LogP contribution in [0.4, 0.5) is 11.5 Å². The van der Waals surface area contributed by atoms with Crippen LogP contribution in [-0.4, -0.2) is 33.6 Å². The number of aromatic nitrogens is 2. The van der Waals surface area contributed by atoms with Crippen LogP contribution in [0.3, 0.4) is 0 Å². The minimum absolute atomic E-state index is 0.114. The van der Waals surface area contributed by atoms with Gasteiger partial charge < -0.3 is 15.7 Å². The zero-order chi connectivity index (χ0) is 17.5. The second-order valence-electron chi connectivity index (χ2n) is 6.39.